The van der Waals surface area contributed by atoms with E-state index in [2.05, 4.69) is 15.8 Å². The second kappa shape index (κ2) is 9.28. The van der Waals surface area contributed by atoms with Crippen molar-refractivity contribution in [2.75, 3.05) is 18.5 Å². The van der Waals surface area contributed by atoms with E-state index in [9.17, 15) is 22.4 Å². The van der Waals surface area contributed by atoms with Crippen LogP contribution in [0.25, 0.3) is 10.9 Å². The summed E-state index contributed by atoms with van der Waals surface area (Å²) in [6, 6.07) is 11.5. The molecule has 0 unspecified atom stereocenters. The fraction of sp³-hybridized carbons (Fsp3) is 0.318. The molecule has 9 nitrogen and oxygen atoms in total. The highest BCUT2D eigenvalue weighted by molar-refractivity contribution is 7.89. The molecule has 1 aliphatic rings. The van der Waals surface area contributed by atoms with Crippen LogP contribution in [0.15, 0.2) is 58.2 Å². The first-order valence-electron chi connectivity index (χ1n) is 10.6. The molecular weight excluding hydrogens is 449 g/mol. The summed E-state index contributed by atoms with van der Waals surface area (Å²) in [6.07, 6.45) is 1.01. The number of aromatic nitrogens is 2. The van der Waals surface area contributed by atoms with Crippen LogP contribution in [0.4, 0.5) is 10.3 Å². The number of rotatable bonds is 6. The Morgan fingerprint density at radius 1 is 1.18 bits per heavy atom. The highest BCUT2D eigenvalue weighted by atomic mass is 32.2. The third kappa shape index (κ3) is 4.60. The monoisotopic (exact) mass is 473 g/mol. The number of nitrogens with one attached hydrogen (secondary N) is 2. The Bertz CT molecular complexity index is 1340. The lowest BCUT2D eigenvalue weighted by molar-refractivity contribution is -0.125. The summed E-state index contributed by atoms with van der Waals surface area (Å²) in [4.78, 5) is 29.9. The molecule has 2 N–H and O–H groups in total. The molecule has 1 amide bonds. The predicted octanol–water partition coefficient (Wildman–Crippen LogP) is 2.10. The van der Waals surface area contributed by atoms with Gasteiger partial charge in [0.25, 0.3) is 5.56 Å². The number of hydrogen-bond acceptors (Lipinski definition) is 6. The zero-order valence-electron chi connectivity index (χ0n) is 18.0. The number of nitrogens with zero attached hydrogens (tertiary/aromatic N) is 3. The summed E-state index contributed by atoms with van der Waals surface area (Å²) in [5, 5.41) is 0.477. The van der Waals surface area contributed by atoms with Gasteiger partial charge in [-0.15, -0.1) is 0 Å². The fourth-order valence-corrected chi connectivity index (χ4v) is 5.43. The van der Waals surface area contributed by atoms with Gasteiger partial charge in [0, 0.05) is 19.6 Å². The number of para-hydroxylation sites is 1. The molecule has 0 radical (unpaired) electrons. The van der Waals surface area contributed by atoms with Crippen molar-refractivity contribution in [3.63, 3.8) is 0 Å². The summed E-state index contributed by atoms with van der Waals surface area (Å²) in [5.41, 5.74) is 5.57. The Morgan fingerprint density at radius 2 is 1.91 bits per heavy atom. The van der Waals surface area contributed by atoms with Gasteiger partial charge >= 0.3 is 0 Å². The minimum atomic E-state index is -3.84. The normalized spacial score (nSPS) is 17.1. The van der Waals surface area contributed by atoms with Gasteiger partial charge in [-0.1, -0.05) is 12.1 Å². The van der Waals surface area contributed by atoms with Crippen molar-refractivity contribution in [3.05, 3.63) is 64.7 Å². The van der Waals surface area contributed by atoms with Crippen molar-refractivity contribution in [2.24, 2.45) is 5.92 Å². The van der Waals surface area contributed by atoms with Crippen LogP contribution in [0, 0.1) is 11.7 Å². The molecule has 2 aromatic carbocycles. The molecule has 174 valence electrons. The lowest BCUT2D eigenvalue weighted by atomic mass is 9.99. The van der Waals surface area contributed by atoms with E-state index in [0.717, 1.165) is 12.1 Å². The van der Waals surface area contributed by atoms with Crippen molar-refractivity contribution in [2.45, 2.75) is 31.2 Å². The van der Waals surface area contributed by atoms with Gasteiger partial charge in [-0.05, 0) is 56.2 Å². The van der Waals surface area contributed by atoms with E-state index in [1.807, 2.05) is 0 Å². The van der Waals surface area contributed by atoms with E-state index in [-0.39, 0.29) is 29.5 Å². The molecule has 1 fully saturated rings. The SMILES string of the molecule is CCn1c(NNC(=O)[C@@H]2CCCN(S(=O)(=O)c3ccc(F)cc3)C2)nc2ccccc2c1=O. The van der Waals surface area contributed by atoms with E-state index in [1.54, 1.807) is 31.2 Å². The number of hydrazine groups is 1. The van der Waals surface area contributed by atoms with Gasteiger partial charge in [0.2, 0.25) is 21.9 Å². The van der Waals surface area contributed by atoms with Crippen LogP contribution < -0.4 is 16.4 Å². The maximum atomic E-state index is 13.2. The lowest BCUT2D eigenvalue weighted by Gasteiger charge is -2.31. The number of amides is 1. The largest absolute Gasteiger partial charge is 0.277 e. The molecule has 0 bridgehead atoms. The van der Waals surface area contributed by atoms with Crippen molar-refractivity contribution >= 4 is 32.8 Å². The Balaban J connectivity index is 1.48. The van der Waals surface area contributed by atoms with Gasteiger partial charge in [0.1, 0.15) is 5.82 Å². The van der Waals surface area contributed by atoms with Gasteiger partial charge in [0.05, 0.1) is 21.7 Å². The van der Waals surface area contributed by atoms with Crippen molar-refractivity contribution in [1.82, 2.24) is 19.3 Å². The van der Waals surface area contributed by atoms with Crippen LogP contribution in [-0.4, -0.2) is 41.3 Å². The summed E-state index contributed by atoms with van der Waals surface area (Å²) >= 11 is 0. The van der Waals surface area contributed by atoms with Crippen molar-refractivity contribution < 1.29 is 17.6 Å². The standard InChI is InChI=1S/C22H24FN5O4S/c1-2-28-21(30)18-7-3-4-8-19(18)24-22(28)26-25-20(29)15-6-5-13-27(14-15)33(31,32)17-11-9-16(23)10-12-17/h3-4,7-12,15H,2,5-6,13-14H2,1H3,(H,24,26)(H,25,29)/t15-/m1/s1. The van der Waals surface area contributed by atoms with Crippen LogP contribution in [-0.2, 0) is 21.4 Å². The van der Waals surface area contributed by atoms with Gasteiger partial charge in [-0.3, -0.25) is 25.0 Å². The van der Waals surface area contributed by atoms with Gasteiger partial charge in [0.15, 0.2) is 0 Å². The van der Waals surface area contributed by atoms with Crippen LogP contribution in [0.2, 0.25) is 0 Å². The number of fused-ring (bicyclic) bond motifs is 1. The lowest BCUT2D eigenvalue weighted by Crippen LogP contribution is -2.47. The molecule has 0 spiro atoms. The second-order valence-electron chi connectivity index (χ2n) is 7.77. The van der Waals surface area contributed by atoms with Gasteiger partial charge < -0.3 is 0 Å². The smallest absolute Gasteiger partial charge is 0.262 e. The maximum absolute atomic E-state index is 13.2. The van der Waals surface area contributed by atoms with Crippen LogP contribution in [0.3, 0.4) is 0 Å². The van der Waals surface area contributed by atoms with Crippen LogP contribution >= 0.6 is 0 Å². The minimum Gasteiger partial charge on any atom is -0.277 e. The zero-order chi connectivity index (χ0) is 23.6. The molecule has 3 aromatic rings. The average Bonchev–Trinajstić information content (AvgIpc) is 2.83. The molecule has 0 aliphatic carbocycles. The highest BCUT2D eigenvalue weighted by Gasteiger charge is 2.33. The summed E-state index contributed by atoms with van der Waals surface area (Å²) in [5.74, 6) is -1.33. The third-order valence-corrected chi connectivity index (χ3v) is 7.56. The third-order valence-electron chi connectivity index (χ3n) is 5.68. The molecule has 0 saturated carbocycles. The number of benzene rings is 2. The number of hydrogen-bond donors (Lipinski definition) is 2. The molecule has 33 heavy (non-hydrogen) atoms. The summed E-state index contributed by atoms with van der Waals surface area (Å²) in [6.45, 7) is 2.42. The van der Waals surface area contributed by atoms with E-state index < -0.39 is 27.7 Å². The van der Waals surface area contributed by atoms with E-state index in [1.165, 1.54) is 21.0 Å². The number of carbonyl (C=O) groups is 1. The Kier molecular flexibility index (Phi) is 6.43. The number of sulfonamides is 1. The maximum Gasteiger partial charge on any atom is 0.262 e. The Labute approximate surface area is 190 Å². The topological polar surface area (TPSA) is 113 Å². The number of anilines is 1. The van der Waals surface area contributed by atoms with E-state index >= 15 is 0 Å². The Morgan fingerprint density at radius 3 is 2.64 bits per heavy atom. The van der Waals surface area contributed by atoms with Gasteiger partial charge in [-0.2, -0.15) is 4.31 Å². The first-order chi connectivity index (χ1) is 15.8. The second-order valence-corrected chi connectivity index (χ2v) is 9.71. The fourth-order valence-electron chi connectivity index (χ4n) is 3.91. The first-order valence-corrected chi connectivity index (χ1v) is 12.1. The van der Waals surface area contributed by atoms with Crippen LogP contribution in [0.5, 0.6) is 0 Å². The minimum absolute atomic E-state index is 0.00104. The first kappa shape index (κ1) is 22.9. The average molecular weight is 474 g/mol. The quantitative estimate of drug-likeness (QED) is 0.530. The Hall–Kier alpha value is -3.31. The van der Waals surface area contributed by atoms with Crippen molar-refractivity contribution in [3.8, 4) is 0 Å². The number of piperidine rings is 1. The van der Waals surface area contributed by atoms with Crippen LogP contribution in [0.1, 0.15) is 19.8 Å². The predicted molar refractivity (Wildman–Crippen MR) is 121 cm³/mol. The molecule has 2 heterocycles. The molecule has 1 saturated heterocycles. The van der Waals surface area contributed by atoms with Gasteiger partial charge in [-0.25, -0.2) is 17.8 Å². The summed E-state index contributed by atoms with van der Waals surface area (Å²) in [7, 11) is -3.84. The molecule has 4 rings (SSSR count). The van der Waals surface area contributed by atoms with E-state index in [4.69, 9.17) is 0 Å². The molecule has 1 aromatic heterocycles. The number of carbonyl (C=O) groups excluding carboxylic acids is 1. The highest BCUT2D eigenvalue weighted by Crippen LogP contribution is 2.24. The molecule has 1 atom stereocenters. The molecule has 1 aliphatic heterocycles. The number of halogens is 1. The molecule has 11 heteroatoms. The van der Waals surface area contributed by atoms with Crippen molar-refractivity contribution in [1.29, 1.82) is 0 Å². The van der Waals surface area contributed by atoms with E-state index in [0.29, 0.717) is 30.3 Å². The zero-order valence-corrected chi connectivity index (χ0v) is 18.8. The summed E-state index contributed by atoms with van der Waals surface area (Å²) < 4.78 is 41.6. The molecular formula is C22H24FN5O4S.